The number of hydrazone groups is 1. The van der Waals surface area contributed by atoms with Gasteiger partial charge < -0.3 is 9.64 Å². The van der Waals surface area contributed by atoms with E-state index in [9.17, 15) is 18.0 Å². The van der Waals surface area contributed by atoms with Crippen LogP contribution in [-0.2, 0) is 0 Å². The topological polar surface area (TPSA) is 49.5 Å². The summed E-state index contributed by atoms with van der Waals surface area (Å²) in [5.41, 5.74) is 0.581. The van der Waals surface area contributed by atoms with E-state index in [1.807, 2.05) is 0 Å². The third kappa shape index (κ3) is 3.94. The van der Waals surface area contributed by atoms with Crippen molar-refractivity contribution in [3.05, 3.63) is 70.8 Å². The Hall–Kier alpha value is -3.54. The maximum absolute atomic E-state index is 14.0. The summed E-state index contributed by atoms with van der Waals surface area (Å²) in [5, 5.41) is 5.29. The van der Waals surface area contributed by atoms with Gasteiger partial charge in [-0.15, -0.1) is 0 Å². The molecular formula is C21H17F3N4O2. The van der Waals surface area contributed by atoms with Gasteiger partial charge in [0, 0.05) is 31.7 Å². The summed E-state index contributed by atoms with van der Waals surface area (Å²) < 4.78 is 46.8. The predicted octanol–water partition coefficient (Wildman–Crippen LogP) is 4.66. The normalized spacial score (nSPS) is 20.5. The SMILES string of the molecule is [C-]#[N+]c1ccc(F)c(O[C@@H]2CCN(C(=O)N3N=CC[C@H]3c3cc(F)cc(F)c3)C2)c1. The molecule has 9 heteroatoms. The van der Waals surface area contributed by atoms with Crippen LogP contribution in [0, 0.1) is 24.0 Å². The number of benzene rings is 2. The zero-order chi connectivity index (χ0) is 21.3. The number of halogens is 3. The average molecular weight is 414 g/mol. The molecule has 2 amide bonds. The van der Waals surface area contributed by atoms with Crippen LogP contribution >= 0.6 is 0 Å². The fourth-order valence-corrected chi connectivity index (χ4v) is 3.62. The van der Waals surface area contributed by atoms with E-state index in [2.05, 4.69) is 9.95 Å². The van der Waals surface area contributed by atoms with Crippen LogP contribution in [0.15, 0.2) is 41.5 Å². The van der Waals surface area contributed by atoms with Gasteiger partial charge in [-0.05, 0) is 29.8 Å². The number of nitrogens with zero attached hydrogens (tertiary/aromatic N) is 4. The first-order valence-corrected chi connectivity index (χ1v) is 9.35. The number of hydrogen-bond donors (Lipinski definition) is 0. The van der Waals surface area contributed by atoms with Crippen molar-refractivity contribution in [2.45, 2.75) is 25.0 Å². The highest BCUT2D eigenvalue weighted by Gasteiger charge is 2.36. The molecule has 2 atom stereocenters. The van der Waals surface area contributed by atoms with Crippen LogP contribution in [0.25, 0.3) is 4.85 Å². The molecular weight excluding hydrogens is 397 g/mol. The van der Waals surface area contributed by atoms with Gasteiger partial charge in [0.15, 0.2) is 11.5 Å². The van der Waals surface area contributed by atoms with Crippen molar-refractivity contribution < 1.29 is 22.7 Å². The predicted molar refractivity (Wildman–Crippen MR) is 103 cm³/mol. The Morgan fingerprint density at radius 2 is 1.93 bits per heavy atom. The first-order chi connectivity index (χ1) is 14.4. The largest absolute Gasteiger partial charge is 0.487 e. The van der Waals surface area contributed by atoms with Gasteiger partial charge >= 0.3 is 6.03 Å². The van der Waals surface area contributed by atoms with Gasteiger partial charge in [0.25, 0.3) is 0 Å². The minimum absolute atomic E-state index is 0.0323. The molecule has 0 spiro atoms. The number of rotatable bonds is 3. The zero-order valence-electron chi connectivity index (χ0n) is 15.8. The summed E-state index contributed by atoms with van der Waals surface area (Å²) in [7, 11) is 0. The lowest BCUT2D eigenvalue weighted by Crippen LogP contribution is -2.40. The molecule has 154 valence electrons. The highest BCUT2D eigenvalue weighted by molar-refractivity contribution is 5.78. The minimum Gasteiger partial charge on any atom is -0.487 e. The van der Waals surface area contributed by atoms with Crippen molar-refractivity contribution in [2.75, 3.05) is 13.1 Å². The average Bonchev–Trinajstić information content (AvgIpc) is 3.38. The second-order valence-corrected chi connectivity index (χ2v) is 7.08. The lowest BCUT2D eigenvalue weighted by molar-refractivity contribution is 0.141. The first-order valence-electron chi connectivity index (χ1n) is 9.35. The second kappa shape index (κ2) is 8.06. The van der Waals surface area contributed by atoms with Crippen molar-refractivity contribution in [2.24, 2.45) is 5.10 Å². The number of likely N-dealkylation sites (tertiary alicyclic amines) is 1. The van der Waals surface area contributed by atoms with Crippen molar-refractivity contribution >= 4 is 17.9 Å². The Bertz CT molecular complexity index is 1030. The van der Waals surface area contributed by atoms with E-state index >= 15 is 0 Å². The molecule has 0 N–H and O–H groups in total. The third-order valence-electron chi connectivity index (χ3n) is 5.05. The first kappa shape index (κ1) is 19.8. The Balaban J connectivity index is 1.44. The maximum Gasteiger partial charge on any atom is 0.341 e. The van der Waals surface area contributed by atoms with E-state index in [1.165, 1.54) is 46.5 Å². The van der Waals surface area contributed by atoms with Crippen LogP contribution in [0.4, 0.5) is 23.7 Å². The van der Waals surface area contributed by atoms with E-state index in [-0.39, 0.29) is 18.0 Å². The zero-order valence-corrected chi connectivity index (χ0v) is 15.8. The van der Waals surface area contributed by atoms with E-state index in [4.69, 9.17) is 11.3 Å². The molecule has 2 heterocycles. The molecule has 2 aromatic carbocycles. The lowest BCUT2D eigenvalue weighted by Gasteiger charge is -2.27. The summed E-state index contributed by atoms with van der Waals surface area (Å²) in [6, 6.07) is 5.98. The van der Waals surface area contributed by atoms with Gasteiger partial charge in [0.2, 0.25) is 0 Å². The van der Waals surface area contributed by atoms with E-state index < -0.39 is 35.6 Å². The quantitative estimate of drug-likeness (QED) is 0.686. The van der Waals surface area contributed by atoms with Crippen molar-refractivity contribution in [3.8, 4) is 5.75 Å². The standard InChI is InChI=1S/C21H17F3N4O2/c1-25-16-2-3-18(24)20(11-16)30-17-5-7-27(12-17)21(29)28-19(4-6-26-28)13-8-14(22)10-15(23)9-13/h2-3,6,8-11,17,19H,4-5,7,12H2/t17-,19+/m1/s1. The Morgan fingerprint density at radius 1 is 1.17 bits per heavy atom. The van der Waals surface area contributed by atoms with Gasteiger partial charge in [-0.3, -0.25) is 0 Å². The Morgan fingerprint density at radius 3 is 2.67 bits per heavy atom. The Kier molecular flexibility index (Phi) is 5.31. The molecule has 1 fully saturated rings. The summed E-state index contributed by atoms with van der Waals surface area (Å²) in [6.45, 7) is 7.59. The van der Waals surface area contributed by atoms with E-state index in [0.717, 1.165) is 6.07 Å². The van der Waals surface area contributed by atoms with Crippen LogP contribution in [0.5, 0.6) is 5.75 Å². The molecule has 0 aromatic heterocycles. The van der Waals surface area contributed by atoms with Crippen molar-refractivity contribution in [1.29, 1.82) is 0 Å². The van der Waals surface area contributed by atoms with Gasteiger partial charge in [0.1, 0.15) is 23.5 Å². The summed E-state index contributed by atoms with van der Waals surface area (Å²) in [4.78, 5) is 17.7. The van der Waals surface area contributed by atoms with Gasteiger partial charge in [-0.1, -0.05) is 6.07 Å². The van der Waals surface area contributed by atoms with Crippen LogP contribution in [0.3, 0.4) is 0 Å². The lowest BCUT2D eigenvalue weighted by atomic mass is 10.0. The molecule has 0 aliphatic carbocycles. The Labute approximate surface area is 171 Å². The second-order valence-electron chi connectivity index (χ2n) is 7.08. The number of hydrogen-bond acceptors (Lipinski definition) is 3. The number of carbonyl (C=O) groups is 1. The molecule has 2 aliphatic heterocycles. The molecule has 0 unspecified atom stereocenters. The fourth-order valence-electron chi connectivity index (χ4n) is 3.62. The highest BCUT2D eigenvalue weighted by atomic mass is 19.1. The number of carbonyl (C=O) groups excluding carboxylic acids is 1. The number of urea groups is 1. The van der Waals surface area contributed by atoms with Crippen LogP contribution in [0.1, 0.15) is 24.4 Å². The maximum atomic E-state index is 14.0. The van der Waals surface area contributed by atoms with E-state index in [0.29, 0.717) is 24.9 Å². The van der Waals surface area contributed by atoms with Crippen LogP contribution in [-0.4, -0.2) is 41.3 Å². The molecule has 0 bridgehead atoms. The molecule has 4 rings (SSSR count). The smallest absolute Gasteiger partial charge is 0.341 e. The van der Waals surface area contributed by atoms with Crippen molar-refractivity contribution in [3.63, 3.8) is 0 Å². The van der Waals surface area contributed by atoms with Gasteiger partial charge in [0.05, 0.1) is 19.2 Å². The van der Waals surface area contributed by atoms with Crippen LogP contribution < -0.4 is 4.74 Å². The summed E-state index contributed by atoms with van der Waals surface area (Å²) >= 11 is 0. The molecule has 0 saturated carbocycles. The summed E-state index contributed by atoms with van der Waals surface area (Å²) in [5.74, 6) is -2.05. The fraction of sp³-hybridized carbons (Fsp3) is 0.286. The highest BCUT2D eigenvalue weighted by Crippen LogP contribution is 2.32. The molecule has 0 radical (unpaired) electrons. The molecule has 1 saturated heterocycles. The number of ether oxygens (including phenoxy) is 1. The molecule has 2 aliphatic rings. The molecule has 6 nitrogen and oxygen atoms in total. The van der Waals surface area contributed by atoms with Crippen molar-refractivity contribution in [1.82, 2.24) is 9.91 Å². The molecule has 2 aromatic rings. The third-order valence-corrected chi connectivity index (χ3v) is 5.05. The van der Waals surface area contributed by atoms with Gasteiger partial charge in [-0.25, -0.2) is 27.8 Å². The van der Waals surface area contributed by atoms with E-state index in [1.54, 1.807) is 0 Å². The van der Waals surface area contributed by atoms with Crippen LogP contribution in [0.2, 0.25) is 0 Å². The minimum atomic E-state index is -0.720. The molecule has 30 heavy (non-hydrogen) atoms. The monoisotopic (exact) mass is 414 g/mol. The van der Waals surface area contributed by atoms with Gasteiger partial charge in [-0.2, -0.15) is 5.10 Å². The number of amides is 2. The summed E-state index contributed by atoms with van der Waals surface area (Å²) in [6.07, 6.45) is 1.91.